The molecule has 1 heterocycles. The maximum absolute atomic E-state index is 10.9. The average molecular weight is 394 g/mol. The quantitative estimate of drug-likeness (QED) is 0.491. The third kappa shape index (κ3) is 4.39. The van der Waals surface area contributed by atoms with Gasteiger partial charge in [-0.05, 0) is 48.9 Å². The van der Waals surface area contributed by atoms with E-state index in [9.17, 15) is 20.4 Å². The van der Waals surface area contributed by atoms with Crippen molar-refractivity contribution >= 4 is 0 Å². The lowest BCUT2D eigenvalue weighted by molar-refractivity contribution is 0.299. The third-order valence-electron chi connectivity index (χ3n) is 5.08. The van der Waals surface area contributed by atoms with Crippen LogP contribution in [0.2, 0.25) is 0 Å². The second kappa shape index (κ2) is 9.03. The van der Waals surface area contributed by atoms with E-state index in [0.29, 0.717) is 40.8 Å². The molecule has 0 fully saturated rings. The fraction of sp³-hybridized carbons (Fsp3) is 0.304. The number of hydrogen-bond donors (Lipinski definition) is 4. The Hall–Kier alpha value is -2.96. The molecule has 0 spiro atoms. The van der Waals surface area contributed by atoms with Gasteiger partial charge in [0.15, 0.2) is 0 Å². The van der Waals surface area contributed by atoms with Crippen LogP contribution in [0, 0.1) is 13.8 Å². The van der Waals surface area contributed by atoms with Crippen LogP contribution in [0.1, 0.15) is 45.0 Å². The van der Waals surface area contributed by atoms with E-state index >= 15 is 0 Å². The van der Waals surface area contributed by atoms with Gasteiger partial charge >= 0.3 is 0 Å². The van der Waals surface area contributed by atoms with Crippen LogP contribution in [0.3, 0.4) is 0 Å². The molecule has 0 aliphatic heterocycles. The fourth-order valence-corrected chi connectivity index (χ4v) is 3.70. The Morgan fingerprint density at radius 2 is 1.31 bits per heavy atom. The topological polar surface area (TPSA) is 107 Å². The highest BCUT2D eigenvalue weighted by molar-refractivity contribution is 5.56. The van der Waals surface area contributed by atoms with Gasteiger partial charge in [-0.1, -0.05) is 24.3 Å². The first-order valence-electron chi connectivity index (χ1n) is 9.58. The molecule has 0 aliphatic carbocycles. The molecule has 2 aromatic carbocycles. The van der Waals surface area contributed by atoms with E-state index in [-0.39, 0.29) is 24.7 Å². The van der Waals surface area contributed by atoms with Gasteiger partial charge in [-0.15, -0.1) is 0 Å². The molecule has 6 nitrogen and oxygen atoms in total. The summed E-state index contributed by atoms with van der Waals surface area (Å²) in [6.07, 6.45) is 5.67. The molecule has 4 N–H and O–H groups in total. The first-order valence-corrected chi connectivity index (χ1v) is 9.58. The molecule has 0 atom stereocenters. The summed E-state index contributed by atoms with van der Waals surface area (Å²) < 4.78 is 0. The fourth-order valence-electron chi connectivity index (χ4n) is 3.70. The lowest BCUT2D eigenvalue weighted by Gasteiger charge is -2.23. The summed E-state index contributed by atoms with van der Waals surface area (Å²) in [4.78, 5) is 8.61. The van der Waals surface area contributed by atoms with Crippen molar-refractivity contribution in [3.05, 3.63) is 81.9 Å². The Kier molecular flexibility index (Phi) is 6.46. The summed E-state index contributed by atoms with van der Waals surface area (Å²) in [5.74, 6) is -0.322. The number of aliphatic hydroxyl groups is 2. The number of rotatable bonds is 7. The second-order valence-electron chi connectivity index (χ2n) is 7.21. The Labute approximate surface area is 170 Å². The molecule has 0 saturated heterocycles. The minimum absolute atomic E-state index is 0.00416. The first-order chi connectivity index (χ1) is 14.0. The molecule has 0 unspecified atom stereocenters. The molecule has 6 heteroatoms. The Bertz CT molecular complexity index is 928. The molecule has 0 radical (unpaired) electrons. The zero-order chi connectivity index (χ0) is 21.0. The van der Waals surface area contributed by atoms with Gasteiger partial charge < -0.3 is 20.4 Å². The molecule has 0 bridgehead atoms. The average Bonchev–Trinajstić information content (AvgIpc) is 2.70. The number of aromatic nitrogens is 2. The van der Waals surface area contributed by atoms with Crippen LogP contribution >= 0.6 is 0 Å². The molecular weight excluding hydrogens is 368 g/mol. The summed E-state index contributed by atoms with van der Waals surface area (Å²) in [5, 5.41) is 40.5. The highest BCUT2D eigenvalue weighted by Crippen LogP contribution is 2.42. The van der Waals surface area contributed by atoms with Gasteiger partial charge in [0.05, 0.1) is 11.6 Å². The number of phenolic OH excluding ortho intramolecular Hbond substituents is 2. The lowest BCUT2D eigenvalue weighted by atomic mass is 9.83. The monoisotopic (exact) mass is 394 g/mol. The zero-order valence-electron chi connectivity index (χ0n) is 16.6. The summed E-state index contributed by atoms with van der Waals surface area (Å²) in [7, 11) is 0. The van der Waals surface area contributed by atoms with Crippen molar-refractivity contribution < 1.29 is 20.4 Å². The van der Waals surface area contributed by atoms with Gasteiger partial charge in [0.2, 0.25) is 0 Å². The van der Waals surface area contributed by atoms with Crippen LogP contribution in [-0.4, -0.2) is 43.6 Å². The summed E-state index contributed by atoms with van der Waals surface area (Å²) >= 11 is 0. The minimum atomic E-state index is -0.557. The van der Waals surface area contributed by atoms with Crippen molar-refractivity contribution in [2.75, 3.05) is 13.2 Å². The predicted octanol–water partition coefficient (Wildman–Crippen LogP) is 2.75. The van der Waals surface area contributed by atoms with Crippen molar-refractivity contribution in [1.29, 1.82) is 0 Å². The van der Waals surface area contributed by atoms with Crippen LogP contribution in [0.25, 0.3) is 0 Å². The van der Waals surface area contributed by atoms with Crippen LogP contribution in [0.15, 0.2) is 42.9 Å². The number of nitrogens with zero attached hydrogens (tertiary/aromatic N) is 2. The lowest BCUT2D eigenvalue weighted by Crippen LogP contribution is -2.10. The van der Waals surface area contributed by atoms with Crippen LogP contribution in [0.5, 0.6) is 11.5 Å². The van der Waals surface area contributed by atoms with Gasteiger partial charge in [0, 0.05) is 42.9 Å². The number of hydrogen-bond acceptors (Lipinski definition) is 6. The molecular formula is C23H26N2O4. The summed E-state index contributed by atoms with van der Waals surface area (Å²) in [6, 6.07) is 7.36. The largest absolute Gasteiger partial charge is 0.507 e. The van der Waals surface area contributed by atoms with E-state index in [1.54, 1.807) is 32.4 Å². The molecule has 3 rings (SSSR count). The highest BCUT2D eigenvalue weighted by atomic mass is 16.3. The maximum atomic E-state index is 10.9. The number of aryl methyl sites for hydroxylation is 2. The highest BCUT2D eigenvalue weighted by Gasteiger charge is 2.27. The van der Waals surface area contributed by atoms with Gasteiger partial charge in [-0.2, -0.15) is 0 Å². The SMILES string of the molecule is Cc1cc(CCO)cc(C(c2cnccn2)c2cc(CCO)cc(C)c2O)c1O. The van der Waals surface area contributed by atoms with E-state index in [0.717, 1.165) is 11.1 Å². The minimum Gasteiger partial charge on any atom is -0.507 e. The molecule has 1 aromatic heterocycles. The number of aliphatic hydroxyl groups excluding tert-OH is 2. The smallest absolute Gasteiger partial charge is 0.122 e. The van der Waals surface area contributed by atoms with Crippen LogP contribution in [0.4, 0.5) is 0 Å². The van der Waals surface area contributed by atoms with E-state index in [1.807, 2.05) is 24.3 Å². The predicted molar refractivity (Wildman–Crippen MR) is 110 cm³/mol. The van der Waals surface area contributed by atoms with E-state index < -0.39 is 5.92 Å². The number of benzene rings is 2. The van der Waals surface area contributed by atoms with E-state index in [2.05, 4.69) is 9.97 Å². The summed E-state index contributed by atoms with van der Waals surface area (Å²) in [5.41, 5.74) is 4.89. The Morgan fingerprint density at radius 1 is 0.793 bits per heavy atom. The Morgan fingerprint density at radius 3 is 1.72 bits per heavy atom. The van der Waals surface area contributed by atoms with Crippen molar-refractivity contribution in [1.82, 2.24) is 9.97 Å². The van der Waals surface area contributed by atoms with Crippen molar-refractivity contribution in [2.24, 2.45) is 0 Å². The van der Waals surface area contributed by atoms with Crippen molar-refractivity contribution in [3.8, 4) is 11.5 Å². The van der Waals surface area contributed by atoms with Gasteiger partial charge in [-0.3, -0.25) is 9.97 Å². The number of phenols is 2. The van der Waals surface area contributed by atoms with Gasteiger partial charge in [0.1, 0.15) is 11.5 Å². The van der Waals surface area contributed by atoms with Gasteiger partial charge in [-0.25, -0.2) is 0 Å². The van der Waals surface area contributed by atoms with Gasteiger partial charge in [0.25, 0.3) is 0 Å². The molecule has 0 aliphatic rings. The normalized spacial score (nSPS) is 11.2. The third-order valence-corrected chi connectivity index (χ3v) is 5.08. The molecule has 0 saturated carbocycles. The maximum Gasteiger partial charge on any atom is 0.122 e. The first kappa shape index (κ1) is 20.8. The summed E-state index contributed by atoms with van der Waals surface area (Å²) in [6.45, 7) is 3.60. The van der Waals surface area contributed by atoms with E-state index in [1.165, 1.54) is 0 Å². The standard InChI is InChI=1S/C23H26N2O4/c1-14-9-16(3-7-26)11-18(22(14)28)21(20-13-24-5-6-25-20)19-12-17(4-8-27)10-15(2)23(19)29/h5-6,9-13,21,26-29H,3-4,7-8H2,1-2H3. The van der Waals surface area contributed by atoms with Crippen LogP contribution in [-0.2, 0) is 12.8 Å². The Balaban J connectivity index is 2.29. The molecule has 152 valence electrons. The van der Waals surface area contributed by atoms with Crippen molar-refractivity contribution in [3.63, 3.8) is 0 Å². The molecule has 3 aromatic rings. The molecule has 0 amide bonds. The van der Waals surface area contributed by atoms with Crippen LogP contribution < -0.4 is 0 Å². The second-order valence-corrected chi connectivity index (χ2v) is 7.21. The molecule has 29 heavy (non-hydrogen) atoms. The zero-order valence-corrected chi connectivity index (χ0v) is 16.6. The van der Waals surface area contributed by atoms with E-state index in [4.69, 9.17) is 0 Å². The van der Waals surface area contributed by atoms with Crippen molar-refractivity contribution in [2.45, 2.75) is 32.6 Å². The number of aromatic hydroxyl groups is 2.